The van der Waals surface area contributed by atoms with E-state index in [-0.39, 0.29) is 0 Å². The maximum atomic E-state index is 8.91. The Morgan fingerprint density at radius 1 is 1.29 bits per heavy atom. The molecule has 0 unspecified atom stereocenters. The third kappa shape index (κ3) is 11.5. The fourth-order valence-corrected chi connectivity index (χ4v) is 0.842. The zero-order valence-corrected chi connectivity index (χ0v) is 9.79. The Morgan fingerprint density at radius 3 is 2.07 bits per heavy atom. The second-order valence-electron chi connectivity index (χ2n) is 2.51. The van der Waals surface area contributed by atoms with Gasteiger partial charge in [0.2, 0.25) is 0 Å². The predicted molar refractivity (Wildman–Crippen MR) is 44.2 cm³/mol. The normalized spacial score (nSPS) is 10.2. The molecule has 6 heteroatoms. The van der Waals surface area contributed by atoms with Crippen molar-refractivity contribution < 1.29 is 28.7 Å². The van der Waals surface area contributed by atoms with Crippen LogP contribution >= 0.6 is 10.0 Å². The van der Waals surface area contributed by atoms with Crippen molar-refractivity contribution in [3.8, 4) is 0 Å². The van der Waals surface area contributed by atoms with Gasteiger partial charge in [-0.05, 0) is 0 Å². The van der Waals surface area contributed by atoms with Gasteiger partial charge in [0.15, 0.2) is 12.4 Å². The Balaban J connectivity index is 0.000000292. The molecule has 1 aromatic heterocycles. The van der Waals surface area contributed by atoms with Crippen molar-refractivity contribution >= 4 is 10.0 Å². The number of aryl methyl sites for hydroxylation is 1. The Morgan fingerprint density at radius 2 is 1.71 bits per heavy atom. The molecule has 0 N–H and O–H groups in total. The summed E-state index contributed by atoms with van der Waals surface area (Å²) in [5, 5.41) is 0. The van der Waals surface area contributed by atoms with Crippen molar-refractivity contribution in [3.05, 3.63) is 30.6 Å². The number of halogens is 1. The summed E-state index contributed by atoms with van der Waals surface area (Å²) in [4.78, 5) is 0. The van der Waals surface area contributed by atoms with Crippen LogP contribution in [0.5, 0.6) is 0 Å². The number of nitrogens with zero attached hydrogens (tertiary/aromatic N) is 1. The van der Waals surface area contributed by atoms with Crippen LogP contribution in [0, 0.1) is 0 Å². The summed E-state index contributed by atoms with van der Waals surface area (Å²) in [5.41, 5.74) is 0. The molecule has 0 aliphatic rings. The van der Waals surface area contributed by atoms with Gasteiger partial charge in [0, 0.05) is 18.6 Å². The molecule has 0 fully saturated rings. The van der Waals surface area contributed by atoms with E-state index in [1.807, 2.05) is 6.07 Å². The van der Waals surface area contributed by atoms with Crippen LogP contribution < -0.4 is 8.73 Å². The van der Waals surface area contributed by atoms with Crippen LogP contribution in [-0.2, 0) is 26.5 Å². The quantitative estimate of drug-likeness (QED) is 0.731. The van der Waals surface area contributed by atoms with E-state index in [9.17, 15) is 0 Å². The van der Waals surface area contributed by atoms with Gasteiger partial charge >= 0.3 is 34.2 Å². The summed E-state index contributed by atoms with van der Waals surface area (Å²) in [6, 6.07) is 6.14. The van der Waals surface area contributed by atoms with Crippen LogP contribution in [0.4, 0.5) is 0 Å². The molecular formula is C8H12ClCrNO3. The molecule has 0 saturated carbocycles. The summed E-state index contributed by atoms with van der Waals surface area (Å²) in [6.07, 6.45) is 5.38. The van der Waals surface area contributed by atoms with Gasteiger partial charge < -0.3 is 0 Å². The van der Waals surface area contributed by atoms with Crippen molar-refractivity contribution in [1.29, 1.82) is 0 Å². The molecular weight excluding hydrogens is 246 g/mol. The third-order valence-corrected chi connectivity index (χ3v) is 1.26. The Labute approximate surface area is 89.4 Å². The molecule has 0 radical (unpaired) electrons. The molecule has 0 aromatic carbocycles. The van der Waals surface area contributed by atoms with E-state index >= 15 is 0 Å². The second-order valence-corrected chi connectivity index (χ2v) is 5.29. The Hall–Kier alpha value is -0.468. The van der Waals surface area contributed by atoms with E-state index < -0.39 is 12.4 Å². The summed E-state index contributed by atoms with van der Waals surface area (Å²) in [7, 11) is 4.02. The van der Waals surface area contributed by atoms with Crippen LogP contribution in [0.1, 0.15) is 13.3 Å². The van der Waals surface area contributed by atoms with Gasteiger partial charge in [0.25, 0.3) is 0 Å². The first-order valence-corrected chi connectivity index (χ1v) is 7.34. The van der Waals surface area contributed by atoms with Crippen LogP contribution in [0.15, 0.2) is 30.6 Å². The number of rotatable bonds is 2. The molecule has 0 bridgehead atoms. The predicted octanol–water partition coefficient (Wildman–Crippen LogP) is 0.645. The van der Waals surface area contributed by atoms with E-state index in [0.29, 0.717) is 0 Å². The van der Waals surface area contributed by atoms with E-state index in [2.05, 4.69) is 46.1 Å². The molecule has 0 amide bonds. The zero-order chi connectivity index (χ0) is 11.0. The monoisotopic (exact) mass is 257 g/mol. The summed E-state index contributed by atoms with van der Waals surface area (Å²) < 4.78 is 28.9. The van der Waals surface area contributed by atoms with Crippen LogP contribution in [0.3, 0.4) is 0 Å². The van der Waals surface area contributed by atoms with Crippen LogP contribution in [0.25, 0.3) is 0 Å². The Kier molecular flexibility index (Phi) is 6.68. The summed E-state index contributed by atoms with van der Waals surface area (Å²) >= 11 is -5.03. The minimum atomic E-state index is -5.03. The fraction of sp³-hybridized carbons (Fsp3) is 0.375. The molecule has 80 valence electrons. The molecule has 4 nitrogen and oxygen atoms in total. The van der Waals surface area contributed by atoms with Gasteiger partial charge in [-0.15, -0.1) is 0 Å². The number of pyridine rings is 1. The van der Waals surface area contributed by atoms with E-state index in [4.69, 9.17) is 11.8 Å². The molecule has 14 heavy (non-hydrogen) atoms. The van der Waals surface area contributed by atoms with E-state index in [1.165, 1.54) is 6.42 Å². The van der Waals surface area contributed by atoms with Gasteiger partial charge in [-0.25, -0.2) is 4.57 Å². The molecule has 0 aliphatic heterocycles. The van der Waals surface area contributed by atoms with Crippen LogP contribution in [-0.4, -0.2) is 0 Å². The first kappa shape index (κ1) is 13.5. The molecule has 1 aromatic rings. The second kappa shape index (κ2) is 6.91. The van der Waals surface area contributed by atoms with E-state index in [1.54, 1.807) is 0 Å². The average Bonchev–Trinajstić information content (AvgIpc) is 2.03. The minimum absolute atomic E-state index is 1.13. The first-order chi connectivity index (χ1) is 6.43. The van der Waals surface area contributed by atoms with Crippen molar-refractivity contribution in [2.24, 2.45) is 0 Å². The van der Waals surface area contributed by atoms with Gasteiger partial charge in [-0.3, -0.25) is 0 Å². The molecule has 0 atom stereocenters. The van der Waals surface area contributed by atoms with Crippen molar-refractivity contribution in [1.82, 2.24) is 0 Å². The van der Waals surface area contributed by atoms with Gasteiger partial charge in [-0.1, -0.05) is 13.0 Å². The van der Waals surface area contributed by atoms with Gasteiger partial charge in [-0.2, -0.15) is 0 Å². The van der Waals surface area contributed by atoms with Crippen LogP contribution in [0.2, 0.25) is 0 Å². The molecule has 1 heterocycles. The Bertz CT molecular complexity index is 331. The standard InChI is InChI=1S/C8H12N.ClH.Cr.3O/c1-2-6-9-7-4-3-5-8-9;;;;;/h3-5,7-8H,2,6H2,1H3;1H;;;;/q+1;;+1;;;-1/p-1. The number of hydrogen-bond acceptors (Lipinski definition) is 3. The topological polar surface area (TPSA) is 61.1 Å². The average molecular weight is 258 g/mol. The molecule has 0 saturated heterocycles. The first-order valence-electron chi connectivity index (χ1n) is 4.03. The molecule has 0 aliphatic carbocycles. The third-order valence-electron chi connectivity index (χ3n) is 1.26. The number of hydrogen-bond donors (Lipinski definition) is 0. The van der Waals surface area contributed by atoms with E-state index in [0.717, 1.165) is 6.54 Å². The maximum absolute atomic E-state index is 8.91. The van der Waals surface area contributed by atoms with Gasteiger partial charge in [0.05, 0.1) is 0 Å². The summed E-state index contributed by atoms with van der Waals surface area (Å²) in [6.45, 7) is 3.31. The molecule has 1 rings (SSSR count). The van der Waals surface area contributed by atoms with Crippen molar-refractivity contribution in [2.75, 3.05) is 0 Å². The SMILES string of the molecule is CCC[n+]1ccccc1.[O]=[Cr](=[O])([O-])[Cl]. The number of aromatic nitrogens is 1. The fourth-order valence-electron chi connectivity index (χ4n) is 0.842. The van der Waals surface area contributed by atoms with Gasteiger partial charge in [0.1, 0.15) is 6.54 Å². The van der Waals surface area contributed by atoms with Crippen molar-refractivity contribution in [3.63, 3.8) is 0 Å². The summed E-state index contributed by atoms with van der Waals surface area (Å²) in [5.74, 6) is 0. The zero-order valence-electron chi connectivity index (χ0n) is 7.76. The molecule has 0 spiro atoms. The van der Waals surface area contributed by atoms with Crippen molar-refractivity contribution in [2.45, 2.75) is 19.9 Å².